The van der Waals surface area contributed by atoms with Gasteiger partial charge in [-0.1, -0.05) is 0 Å². The van der Waals surface area contributed by atoms with E-state index in [1.807, 2.05) is 0 Å². The van der Waals surface area contributed by atoms with E-state index in [1.54, 1.807) is 37.8 Å². The molecule has 0 aliphatic rings. The standard InChI is InChI=1S/C16H16N2O2S/c1-19-14-5-7-17-13(16(14)20-2)10-18-12-3-4-15-11(9-12)6-8-21-15/h3-9,18H,10H2,1-2H3. The molecular weight excluding hydrogens is 284 g/mol. The Morgan fingerprint density at radius 2 is 2.05 bits per heavy atom. The number of pyridine rings is 1. The summed E-state index contributed by atoms with van der Waals surface area (Å²) in [7, 11) is 3.25. The highest BCUT2D eigenvalue weighted by atomic mass is 32.1. The summed E-state index contributed by atoms with van der Waals surface area (Å²) < 4.78 is 12.0. The zero-order chi connectivity index (χ0) is 14.7. The van der Waals surface area contributed by atoms with Crippen LogP contribution in [0.15, 0.2) is 41.9 Å². The summed E-state index contributed by atoms with van der Waals surface area (Å²) in [5, 5.41) is 6.72. The number of nitrogens with one attached hydrogen (secondary N) is 1. The van der Waals surface area contributed by atoms with E-state index in [2.05, 4.69) is 39.9 Å². The maximum atomic E-state index is 5.39. The van der Waals surface area contributed by atoms with E-state index in [0.717, 1.165) is 11.4 Å². The molecule has 0 spiro atoms. The largest absolute Gasteiger partial charge is 0.493 e. The first kappa shape index (κ1) is 13.7. The first-order valence-corrected chi connectivity index (χ1v) is 7.47. The summed E-state index contributed by atoms with van der Waals surface area (Å²) >= 11 is 1.74. The zero-order valence-electron chi connectivity index (χ0n) is 11.9. The van der Waals surface area contributed by atoms with Gasteiger partial charge in [0.25, 0.3) is 0 Å². The lowest BCUT2D eigenvalue weighted by atomic mass is 10.2. The molecule has 0 atom stereocenters. The molecule has 0 aliphatic carbocycles. The Labute approximate surface area is 127 Å². The minimum atomic E-state index is 0.579. The van der Waals surface area contributed by atoms with Crippen LogP contribution >= 0.6 is 11.3 Å². The third kappa shape index (κ3) is 2.78. The van der Waals surface area contributed by atoms with Crippen molar-refractivity contribution in [2.45, 2.75) is 6.54 Å². The fraction of sp³-hybridized carbons (Fsp3) is 0.188. The van der Waals surface area contributed by atoms with E-state index in [0.29, 0.717) is 18.0 Å². The van der Waals surface area contributed by atoms with Crippen LogP contribution in [0.2, 0.25) is 0 Å². The summed E-state index contributed by atoms with van der Waals surface area (Å²) in [5.41, 5.74) is 1.88. The van der Waals surface area contributed by atoms with Crippen molar-refractivity contribution in [1.29, 1.82) is 0 Å². The van der Waals surface area contributed by atoms with Crippen LogP contribution in [0.3, 0.4) is 0 Å². The van der Waals surface area contributed by atoms with Gasteiger partial charge in [-0.25, -0.2) is 0 Å². The van der Waals surface area contributed by atoms with Gasteiger partial charge in [0.2, 0.25) is 0 Å². The van der Waals surface area contributed by atoms with Crippen molar-refractivity contribution in [3.63, 3.8) is 0 Å². The van der Waals surface area contributed by atoms with Gasteiger partial charge in [-0.15, -0.1) is 11.3 Å². The van der Waals surface area contributed by atoms with Crippen molar-refractivity contribution in [1.82, 2.24) is 4.98 Å². The van der Waals surface area contributed by atoms with Crippen molar-refractivity contribution in [2.75, 3.05) is 19.5 Å². The first-order valence-electron chi connectivity index (χ1n) is 6.59. The van der Waals surface area contributed by atoms with Gasteiger partial charge >= 0.3 is 0 Å². The van der Waals surface area contributed by atoms with E-state index < -0.39 is 0 Å². The number of ether oxygens (including phenoxy) is 2. The normalized spacial score (nSPS) is 10.6. The van der Waals surface area contributed by atoms with Gasteiger partial charge in [0.05, 0.1) is 20.8 Å². The predicted octanol–water partition coefficient (Wildman–Crippen LogP) is 3.93. The molecule has 3 rings (SSSR count). The number of hydrogen-bond donors (Lipinski definition) is 1. The molecule has 0 saturated carbocycles. The molecule has 108 valence electrons. The third-order valence-corrected chi connectivity index (χ3v) is 4.18. The van der Waals surface area contributed by atoms with Crippen molar-refractivity contribution in [3.05, 3.63) is 47.6 Å². The second kappa shape index (κ2) is 6.01. The van der Waals surface area contributed by atoms with E-state index in [9.17, 15) is 0 Å². The van der Waals surface area contributed by atoms with Crippen LogP contribution in [0.1, 0.15) is 5.69 Å². The van der Waals surface area contributed by atoms with E-state index >= 15 is 0 Å². The lowest BCUT2D eigenvalue weighted by Gasteiger charge is -2.12. The fourth-order valence-electron chi connectivity index (χ4n) is 2.24. The smallest absolute Gasteiger partial charge is 0.184 e. The van der Waals surface area contributed by atoms with Gasteiger partial charge < -0.3 is 14.8 Å². The Morgan fingerprint density at radius 1 is 1.14 bits per heavy atom. The average molecular weight is 300 g/mol. The minimum absolute atomic E-state index is 0.579. The molecule has 3 aromatic rings. The molecule has 0 radical (unpaired) electrons. The highest BCUT2D eigenvalue weighted by Crippen LogP contribution is 2.30. The number of methoxy groups -OCH3 is 2. The van der Waals surface area contributed by atoms with Crippen molar-refractivity contribution < 1.29 is 9.47 Å². The fourth-order valence-corrected chi connectivity index (χ4v) is 3.01. The van der Waals surface area contributed by atoms with Crippen LogP contribution in [0, 0.1) is 0 Å². The topological polar surface area (TPSA) is 43.4 Å². The molecule has 1 aromatic carbocycles. The second-order valence-corrected chi connectivity index (χ2v) is 5.47. The Bertz CT molecular complexity index is 755. The monoisotopic (exact) mass is 300 g/mol. The molecular formula is C16H16N2O2S. The third-order valence-electron chi connectivity index (χ3n) is 3.28. The SMILES string of the molecule is COc1ccnc(CNc2ccc3sccc3c2)c1OC. The summed E-state index contributed by atoms with van der Waals surface area (Å²) in [4.78, 5) is 4.36. The average Bonchev–Trinajstić information content (AvgIpc) is 2.99. The minimum Gasteiger partial charge on any atom is -0.493 e. The Kier molecular flexibility index (Phi) is 3.92. The summed E-state index contributed by atoms with van der Waals surface area (Å²) in [6.07, 6.45) is 1.72. The summed E-state index contributed by atoms with van der Waals surface area (Å²) in [6, 6.07) is 10.2. The zero-order valence-corrected chi connectivity index (χ0v) is 12.7. The molecule has 0 aliphatic heterocycles. The van der Waals surface area contributed by atoms with E-state index in [4.69, 9.17) is 9.47 Å². The van der Waals surface area contributed by atoms with Crippen LogP contribution in [0.25, 0.3) is 10.1 Å². The lowest BCUT2D eigenvalue weighted by molar-refractivity contribution is 0.350. The highest BCUT2D eigenvalue weighted by molar-refractivity contribution is 7.17. The highest BCUT2D eigenvalue weighted by Gasteiger charge is 2.10. The van der Waals surface area contributed by atoms with Gasteiger partial charge in [-0.05, 0) is 35.0 Å². The lowest BCUT2D eigenvalue weighted by Crippen LogP contribution is -2.05. The van der Waals surface area contributed by atoms with Gasteiger partial charge in [0.1, 0.15) is 5.69 Å². The number of benzene rings is 1. The molecule has 0 saturated heterocycles. The molecule has 1 N–H and O–H groups in total. The molecule has 5 heteroatoms. The van der Waals surface area contributed by atoms with Gasteiger partial charge in [-0.3, -0.25) is 4.98 Å². The molecule has 2 aromatic heterocycles. The molecule has 2 heterocycles. The maximum Gasteiger partial charge on any atom is 0.184 e. The maximum absolute atomic E-state index is 5.39. The number of thiophene rings is 1. The molecule has 0 bridgehead atoms. The van der Waals surface area contributed by atoms with Crippen molar-refractivity contribution in [3.8, 4) is 11.5 Å². The van der Waals surface area contributed by atoms with E-state index in [-0.39, 0.29) is 0 Å². The molecule has 4 nitrogen and oxygen atoms in total. The number of nitrogens with zero attached hydrogens (tertiary/aromatic N) is 1. The Balaban J connectivity index is 1.80. The summed E-state index contributed by atoms with van der Waals surface area (Å²) in [5.74, 6) is 1.36. The quantitative estimate of drug-likeness (QED) is 0.775. The molecule has 0 unspecified atom stereocenters. The van der Waals surface area contributed by atoms with Crippen LogP contribution in [0.4, 0.5) is 5.69 Å². The number of fused-ring (bicyclic) bond motifs is 1. The van der Waals surface area contributed by atoms with Crippen LogP contribution in [-0.2, 0) is 6.54 Å². The number of hydrogen-bond acceptors (Lipinski definition) is 5. The predicted molar refractivity (Wildman–Crippen MR) is 86.5 cm³/mol. The number of anilines is 1. The van der Waals surface area contributed by atoms with Crippen LogP contribution in [-0.4, -0.2) is 19.2 Å². The molecule has 21 heavy (non-hydrogen) atoms. The summed E-state index contributed by atoms with van der Waals surface area (Å²) in [6.45, 7) is 0.579. The van der Waals surface area contributed by atoms with Gasteiger partial charge in [0.15, 0.2) is 11.5 Å². The molecule has 0 amide bonds. The van der Waals surface area contributed by atoms with Crippen LogP contribution in [0.5, 0.6) is 11.5 Å². The number of aromatic nitrogens is 1. The first-order chi connectivity index (χ1) is 10.3. The van der Waals surface area contributed by atoms with E-state index in [1.165, 1.54) is 10.1 Å². The van der Waals surface area contributed by atoms with Crippen LogP contribution < -0.4 is 14.8 Å². The van der Waals surface area contributed by atoms with Crippen molar-refractivity contribution >= 4 is 27.1 Å². The Morgan fingerprint density at radius 3 is 2.86 bits per heavy atom. The number of rotatable bonds is 5. The van der Waals surface area contributed by atoms with Gasteiger partial charge in [-0.2, -0.15) is 0 Å². The van der Waals surface area contributed by atoms with Gasteiger partial charge in [0, 0.05) is 22.7 Å². The molecule has 0 fully saturated rings. The second-order valence-electron chi connectivity index (χ2n) is 4.52. The van der Waals surface area contributed by atoms with Crippen molar-refractivity contribution in [2.24, 2.45) is 0 Å². The Hall–Kier alpha value is -2.27.